The smallest absolute Gasteiger partial charge is 0.316 e. The van der Waals surface area contributed by atoms with Crippen LogP contribution in [0.25, 0.3) is 10.9 Å². The maximum Gasteiger partial charge on any atom is 0.316 e. The largest absolute Gasteiger partial charge is 0.424 e. The first-order valence-corrected chi connectivity index (χ1v) is 7.31. The average molecular weight is 390 g/mol. The van der Waals surface area contributed by atoms with Crippen molar-refractivity contribution in [2.75, 3.05) is 0 Å². The zero-order chi connectivity index (χ0) is 14.4. The van der Waals surface area contributed by atoms with Crippen LogP contribution >= 0.6 is 31.9 Å². The van der Waals surface area contributed by atoms with Crippen LogP contribution in [0.15, 0.2) is 21.5 Å². The first-order chi connectivity index (χ1) is 8.73. The molecule has 2 rings (SSSR count). The summed E-state index contributed by atoms with van der Waals surface area (Å²) in [4.78, 5) is 16.1. The molecule has 0 aliphatic heterocycles. The first kappa shape index (κ1) is 14.5. The van der Waals surface area contributed by atoms with E-state index < -0.39 is 5.41 Å². The van der Waals surface area contributed by atoms with Crippen LogP contribution in [0.5, 0.6) is 5.75 Å². The van der Waals surface area contributed by atoms with Crippen molar-refractivity contribution in [1.82, 2.24) is 9.55 Å². The molecule has 0 atom stereocenters. The zero-order valence-corrected chi connectivity index (χ0v) is 14.3. The van der Waals surface area contributed by atoms with Crippen LogP contribution in [0.1, 0.15) is 20.8 Å². The predicted octanol–water partition coefficient (Wildman–Crippen LogP) is 4.05. The molecule has 0 unspecified atom stereocenters. The van der Waals surface area contributed by atoms with Crippen molar-refractivity contribution in [3.63, 3.8) is 0 Å². The van der Waals surface area contributed by atoms with Crippen molar-refractivity contribution in [3.05, 3.63) is 21.5 Å². The van der Waals surface area contributed by atoms with E-state index in [9.17, 15) is 4.79 Å². The Kier molecular flexibility index (Phi) is 3.75. The van der Waals surface area contributed by atoms with E-state index in [1.54, 1.807) is 12.4 Å². The summed E-state index contributed by atoms with van der Waals surface area (Å²) in [6.07, 6.45) is 3.29. The summed E-state index contributed by atoms with van der Waals surface area (Å²) in [5.74, 6) is 0.180. The monoisotopic (exact) mass is 388 g/mol. The number of esters is 1. The standard InChI is InChI=1S/C13H14Br2N2O2/c1-13(2,3)12(18)19-8-6-16-5-7-9(8)10(14)11(15)17(7)4/h5-6H,1-4H3. The highest BCUT2D eigenvalue weighted by atomic mass is 79.9. The molecular weight excluding hydrogens is 376 g/mol. The van der Waals surface area contributed by atoms with Crippen LogP contribution < -0.4 is 4.74 Å². The van der Waals surface area contributed by atoms with Crippen molar-refractivity contribution in [1.29, 1.82) is 0 Å². The van der Waals surface area contributed by atoms with Gasteiger partial charge in [-0.25, -0.2) is 0 Å². The van der Waals surface area contributed by atoms with Gasteiger partial charge in [-0.15, -0.1) is 0 Å². The quantitative estimate of drug-likeness (QED) is 0.691. The van der Waals surface area contributed by atoms with Crippen LogP contribution in [-0.2, 0) is 11.8 Å². The lowest BCUT2D eigenvalue weighted by atomic mass is 9.97. The number of carbonyl (C=O) groups is 1. The average Bonchev–Trinajstić information content (AvgIpc) is 2.54. The van der Waals surface area contributed by atoms with Gasteiger partial charge in [-0.1, -0.05) is 0 Å². The molecule has 0 amide bonds. The number of hydrogen-bond acceptors (Lipinski definition) is 3. The topological polar surface area (TPSA) is 44.1 Å². The SMILES string of the molecule is Cn1c(Br)c(Br)c2c(OC(=O)C(C)(C)C)cncc21. The second kappa shape index (κ2) is 4.90. The highest BCUT2D eigenvalue weighted by Gasteiger charge is 2.25. The maximum atomic E-state index is 12.0. The molecule has 2 aromatic rings. The van der Waals surface area contributed by atoms with E-state index >= 15 is 0 Å². The van der Waals surface area contributed by atoms with Crippen LogP contribution in [0, 0.1) is 5.41 Å². The molecule has 6 heteroatoms. The molecule has 0 radical (unpaired) electrons. The third-order valence-electron chi connectivity index (χ3n) is 2.76. The molecule has 0 aromatic carbocycles. The summed E-state index contributed by atoms with van der Waals surface area (Å²) < 4.78 is 9.14. The maximum absolute atomic E-state index is 12.0. The number of nitrogens with zero attached hydrogens (tertiary/aromatic N) is 2. The molecule has 0 aliphatic carbocycles. The Labute approximate surface area is 128 Å². The second-order valence-corrected chi connectivity index (χ2v) is 6.88. The lowest BCUT2D eigenvalue weighted by Crippen LogP contribution is -2.25. The van der Waals surface area contributed by atoms with E-state index in [-0.39, 0.29) is 5.97 Å². The van der Waals surface area contributed by atoms with E-state index in [1.807, 2.05) is 32.4 Å². The fraction of sp³-hybridized carbons (Fsp3) is 0.385. The fourth-order valence-corrected chi connectivity index (χ4v) is 2.65. The molecule has 2 heterocycles. The minimum atomic E-state index is -0.555. The molecule has 0 N–H and O–H groups in total. The zero-order valence-electron chi connectivity index (χ0n) is 11.1. The van der Waals surface area contributed by atoms with Gasteiger partial charge in [-0.2, -0.15) is 0 Å². The lowest BCUT2D eigenvalue weighted by Gasteiger charge is -2.16. The van der Waals surface area contributed by atoms with Gasteiger partial charge in [0.05, 0.1) is 33.2 Å². The molecule has 0 aliphatic rings. The number of fused-ring (bicyclic) bond motifs is 1. The van der Waals surface area contributed by atoms with Crippen LogP contribution in [-0.4, -0.2) is 15.5 Å². The third kappa shape index (κ3) is 2.56. The van der Waals surface area contributed by atoms with Crippen molar-refractivity contribution in [3.8, 4) is 5.75 Å². The number of pyridine rings is 1. The minimum Gasteiger partial charge on any atom is -0.424 e. The number of halogens is 2. The van der Waals surface area contributed by atoms with Crippen LogP contribution in [0.4, 0.5) is 0 Å². The van der Waals surface area contributed by atoms with Gasteiger partial charge in [-0.05, 0) is 52.6 Å². The third-order valence-corrected chi connectivity index (χ3v) is 5.00. The Balaban J connectivity index is 2.57. The molecule has 19 heavy (non-hydrogen) atoms. The van der Waals surface area contributed by atoms with Crippen molar-refractivity contribution in [2.45, 2.75) is 20.8 Å². The Morgan fingerprint density at radius 2 is 1.95 bits per heavy atom. The Hall–Kier alpha value is -0.880. The highest BCUT2D eigenvalue weighted by Crippen LogP contribution is 2.39. The summed E-state index contributed by atoms with van der Waals surface area (Å²) in [6.45, 7) is 5.45. The summed E-state index contributed by atoms with van der Waals surface area (Å²) in [5.41, 5.74) is 0.332. The van der Waals surface area contributed by atoms with Crippen molar-refractivity contribution >= 4 is 48.7 Å². The van der Waals surface area contributed by atoms with E-state index in [2.05, 4.69) is 36.8 Å². The van der Waals surface area contributed by atoms with E-state index in [4.69, 9.17) is 4.74 Å². The van der Waals surface area contributed by atoms with E-state index in [0.717, 1.165) is 20.0 Å². The van der Waals surface area contributed by atoms with Gasteiger partial charge >= 0.3 is 5.97 Å². The van der Waals surface area contributed by atoms with Gasteiger partial charge < -0.3 is 9.30 Å². The fourth-order valence-electron chi connectivity index (χ4n) is 1.59. The number of rotatable bonds is 1. The molecule has 4 nitrogen and oxygen atoms in total. The summed E-state index contributed by atoms with van der Waals surface area (Å²) in [7, 11) is 1.91. The molecule has 0 bridgehead atoms. The molecule has 102 valence electrons. The van der Waals surface area contributed by atoms with E-state index in [0.29, 0.717) is 5.75 Å². The van der Waals surface area contributed by atoms with Gasteiger partial charge in [0, 0.05) is 7.05 Å². The minimum absolute atomic E-state index is 0.284. The highest BCUT2D eigenvalue weighted by molar-refractivity contribution is 9.13. The Morgan fingerprint density at radius 1 is 1.32 bits per heavy atom. The number of aryl methyl sites for hydroxylation is 1. The first-order valence-electron chi connectivity index (χ1n) is 5.73. The molecule has 2 aromatic heterocycles. The molecule has 0 spiro atoms. The lowest BCUT2D eigenvalue weighted by molar-refractivity contribution is -0.142. The van der Waals surface area contributed by atoms with Gasteiger partial charge in [0.25, 0.3) is 0 Å². The van der Waals surface area contributed by atoms with Crippen LogP contribution in [0.2, 0.25) is 0 Å². The summed E-state index contributed by atoms with van der Waals surface area (Å²) in [6, 6.07) is 0. The number of hydrogen-bond donors (Lipinski definition) is 0. The predicted molar refractivity (Wildman–Crippen MR) is 81.2 cm³/mol. The molecular formula is C13H14Br2N2O2. The van der Waals surface area contributed by atoms with E-state index in [1.165, 1.54) is 0 Å². The van der Waals surface area contributed by atoms with Crippen LogP contribution in [0.3, 0.4) is 0 Å². The Bertz CT molecular complexity index is 657. The second-order valence-electron chi connectivity index (χ2n) is 5.34. The number of ether oxygens (including phenoxy) is 1. The van der Waals surface area contributed by atoms with Gasteiger partial charge in [0.15, 0.2) is 5.75 Å². The molecule has 0 saturated carbocycles. The molecule has 0 saturated heterocycles. The summed E-state index contributed by atoms with van der Waals surface area (Å²) >= 11 is 6.99. The summed E-state index contributed by atoms with van der Waals surface area (Å²) in [5, 5.41) is 0.835. The Morgan fingerprint density at radius 3 is 2.53 bits per heavy atom. The number of carbonyl (C=O) groups excluding carboxylic acids is 1. The van der Waals surface area contributed by atoms with Gasteiger partial charge in [-0.3, -0.25) is 9.78 Å². The molecule has 0 fully saturated rings. The van der Waals surface area contributed by atoms with Gasteiger partial charge in [0.2, 0.25) is 0 Å². The van der Waals surface area contributed by atoms with Crippen molar-refractivity contribution < 1.29 is 9.53 Å². The normalized spacial score (nSPS) is 11.9. The van der Waals surface area contributed by atoms with Gasteiger partial charge in [0.1, 0.15) is 4.60 Å². The van der Waals surface area contributed by atoms with Crippen molar-refractivity contribution in [2.24, 2.45) is 12.5 Å². The number of aromatic nitrogens is 2.